The smallest absolute Gasteiger partial charge is 0.408 e. The second-order valence-corrected chi connectivity index (χ2v) is 5.28. The van der Waals surface area contributed by atoms with Crippen molar-refractivity contribution in [2.75, 3.05) is 6.61 Å². The van der Waals surface area contributed by atoms with Gasteiger partial charge in [-0.15, -0.1) is 0 Å². The first-order valence-electron chi connectivity index (χ1n) is 7.44. The molecule has 1 aromatic carbocycles. The molecule has 2 amide bonds. The van der Waals surface area contributed by atoms with E-state index in [1.165, 1.54) is 4.57 Å². The molecule has 0 bridgehead atoms. The van der Waals surface area contributed by atoms with E-state index in [2.05, 4.69) is 10.9 Å². The SMILES string of the molecule is O=C(CCn1c(=O)oc2ccccc21)NNC(=O)C1CCCO1. The molecule has 2 aromatic rings. The quantitative estimate of drug-likeness (QED) is 0.790. The fraction of sp³-hybridized carbons (Fsp3) is 0.400. The van der Waals surface area contributed by atoms with Gasteiger partial charge in [-0.25, -0.2) is 4.79 Å². The second kappa shape index (κ2) is 6.66. The first kappa shape index (κ1) is 15.3. The number of fused-ring (bicyclic) bond motifs is 1. The molecule has 0 spiro atoms. The summed E-state index contributed by atoms with van der Waals surface area (Å²) in [5.41, 5.74) is 5.77. The van der Waals surface area contributed by atoms with Crippen LogP contribution in [0.2, 0.25) is 0 Å². The summed E-state index contributed by atoms with van der Waals surface area (Å²) in [4.78, 5) is 35.3. The minimum Gasteiger partial charge on any atom is -0.408 e. The highest BCUT2D eigenvalue weighted by atomic mass is 16.5. The van der Waals surface area contributed by atoms with Crippen molar-refractivity contribution in [1.29, 1.82) is 0 Å². The van der Waals surface area contributed by atoms with E-state index in [0.717, 1.165) is 6.42 Å². The maximum Gasteiger partial charge on any atom is 0.419 e. The normalized spacial score (nSPS) is 17.3. The first-order valence-corrected chi connectivity index (χ1v) is 7.44. The van der Waals surface area contributed by atoms with Crippen molar-refractivity contribution in [2.45, 2.75) is 31.9 Å². The molecule has 1 atom stereocenters. The van der Waals surface area contributed by atoms with Crippen molar-refractivity contribution in [2.24, 2.45) is 0 Å². The van der Waals surface area contributed by atoms with Gasteiger partial charge in [0.2, 0.25) is 5.91 Å². The summed E-state index contributed by atoms with van der Waals surface area (Å²) in [5, 5.41) is 0. The molecule has 0 radical (unpaired) electrons. The molecule has 1 fully saturated rings. The van der Waals surface area contributed by atoms with E-state index in [1.54, 1.807) is 24.3 Å². The van der Waals surface area contributed by atoms with Gasteiger partial charge in [-0.1, -0.05) is 12.1 Å². The summed E-state index contributed by atoms with van der Waals surface area (Å²) in [7, 11) is 0. The Morgan fingerprint density at radius 1 is 1.26 bits per heavy atom. The first-order chi connectivity index (χ1) is 11.1. The molecule has 3 rings (SSSR count). The Hall–Kier alpha value is -2.61. The molecule has 1 unspecified atom stereocenters. The molecule has 8 heteroatoms. The van der Waals surface area contributed by atoms with Crippen LogP contribution in [0.4, 0.5) is 0 Å². The third-order valence-electron chi connectivity index (χ3n) is 3.68. The number of hydrazine groups is 1. The zero-order valence-electron chi connectivity index (χ0n) is 12.4. The molecule has 2 heterocycles. The minimum atomic E-state index is -0.512. The molecule has 0 saturated carbocycles. The Kier molecular flexibility index (Phi) is 4.42. The minimum absolute atomic E-state index is 0.0369. The van der Waals surface area contributed by atoms with Crippen molar-refractivity contribution in [3.8, 4) is 0 Å². The summed E-state index contributed by atoms with van der Waals surface area (Å²) in [6.45, 7) is 0.722. The molecular weight excluding hydrogens is 302 g/mol. The fourth-order valence-corrected chi connectivity index (χ4v) is 2.50. The van der Waals surface area contributed by atoms with Crippen molar-refractivity contribution in [1.82, 2.24) is 15.4 Å². The van der Waals surface area contributed by atoms with E-state index >= 15 is 0 Å². The lowest BCUT2D eigenvalue weighted by Crippen LogP contribution is -2.46. The summed E-state index contributed by atoms with van der Waals surface area (Å²) < 4.78 is 11.7. The number of hydrogen-bond acceptors (Lipinski definition) is 5. The molecule has 23 heavy (non-hydrogen) atoms. The van der Waals surface area contributed by atoms with E-state index in [0.29, 0.717) is 24.1 Å². The molecule has 0 aliphatic carbocycles. The number of amides is 2. The highest BCUT2D eigenvalue weighted by Gasteiger charge is 2.23. The maximum atomic E-state index is 11.8. The van der Waals surface area contributed by atoms with Gasteiger partial charge in [0.25, 0.3) is 5.91 Å². The number of benzene rings is 1. The van der Waals surface area contributed by atoms with Crippen LogP contribution in [0.1, 0.15) is 19.3 Å². The van der Waals surface area contributed by atoms with E-state index in [1.807, 2.05) is 0 Å². The number of carbonyl (C=O) groups is 2. The molecule has 8 nitrogen and oxygen atoms in total. The number of nitrogens with one attached hydrogen (secondary N) is 2. The average Bonchev–Trinajstić information content (AvgIpc) is 3.18. The largest absolute Gasteiger partial charge is 0.419 e. The average molecular weight is 319 g/mol. The highest BCUT2D eigenvalue weighted by Crippen LogP contribution is 2.12. The van der Waals surface area contributed by atoms with E-state index in [4.69, 9.17) is 9.15 Å². The zero-order valence-corrected chi connectivity index (χ0v) is 12.4. The number of aryl methyl sites for hydroxylation is 1. The van der Waals surface area contributed by atoms with Crippen LogP contribution < -0.4 is 16.6 Å². The second-order valence-electron chi connectivity index (χ2n) is 5.28. The summed E-state index contributed by atoms with van der Waals surface area (Å²) in [5.74, 6) is -1.27. The molecule has 1 aliphatic heterocycles. The number of aromatic nitrogens is 1. The number of ether oxygens (including phenoxy) is 1. The molecular formula is C15H17N3O5. The lowest BCUT2D eigenvalue weighted by molar-refractivity contribution is -0.134. The van der Waals surface area contributed by atoms with Gasteiger partial charge >= 0.3 is 5.76 Å². The number of oxazole rings is 1. The van der Waals surface area contributed by atoms with Gasteiger partial charge in [0, 0.05) is 19.6 Å². The molecule has 1 aromatic heterocycles. The maximum absolute atomic E-state index is 11.8. The van der Waals surface area contributed by atoms with Gasteiger partial charge in [0.05, 0.1) is 5.52 Å². The molecule has 1 saturated heterocycles. The van der Waals surface area contributed by atoms with Crippen LogP contribution in [0.3, 0.4) is 0 Å². The van der Waals surface area contributed by atoms with Gasteiger partial charge in [-0.2, -0.15) is 0 Å². The third-order valence-corrected chi connectivity index (χ3v) is 3.68. The Morgan fingerprint density at radius 2 is 2.09 bits per heavy atom. The Morgan fingerprint density at radius 3 is 2.87 bits per heavy atom. The van der Waals surface area contributed by atoms with Crippen molar-refractivity contribution >= 4 is 22.9 Å². The fourth-order valence-electron chi connectivity index (χ4n) is 2.50. The number of para-hydroxylation sites is 2. The molecule has 122 valence electrons. The third kappa shape index (κ3) is 3.42. The van der Waals surface area contributed by atoms with Crippen LogP contribution in [0.5, 0.6) is 0 Å². The van der Waals surface area contributed by atoms with Crippen molar-refractivity contribution in [3.05, 3.63) is 34.8 Å². The van der Waals surface area contributed by atoms with Gasteiger partial charge in [0.1, 0.15) is 6.10 Å². The van der Waals surface area contributed by atoms with Crippen LogP contribution >= 0.6 is 0 Å². The van der Waals surface area contributed by atoms with E-state index in [-0.39, 0.29) is 18.9 Å². The Labute approximate surface area is 131 Å². The Balaban J connectivity index is 1.53. The van der Waals surface area contributed by atoms with Gasteiger partial charge in [-0.05, 0) is 25.0 Å². The number of nitrogens with zero attached hydrogens (tertiary/aromatic N) is 1. The topological polar surface area (TPSA) is 103 Å². The van der Waals surface area contributed by atoms with E-state index in [9.17, 15) is 14.4 Å². The predicted molar refractivity (Wildman–Crippen MR) is 80.4 cm³/mol. The Bertz CT molecular complexity index is 773. The van der Waals surface area contributed by atoms with Crippen LogP contribution in [-0.2, 0) is 20.9 Å². The highest BCUT2D eigenvalue weighted by molar-refractivity contribution is 5.84. The lowest BCUT2D eigenvalue weighted by Gasteiger charge is -2.11. The number of rotatable bonds is 4. The van der Waals surface area contributed by atoms with Crippen LogP contribution in [0, 0.1) is 0 Å². The monoisotopic (exact) mass is 319 g/mol. The molecule has 2 N–H and O–H groups in total. The standard InChI is InChI=1S/C15H17N3O5/c19-13(16-17-14(20)12-6-3-9-22-12)7-8-18-10-4-1-2-5-11(10)23-15(18)21/h1-2,4-5,12H,3,6-9H2,(H,16,19)(H,17,20). The van der Waals surface area contributed by atoms with Crippen LogP contribution in [-0.4, -0.2) is 29.1 Å². The number of hydrogen-bond donors (Lipinski definition) is 2. The van der Waals surface area contributed by atoms with Crippen LogP contribution in [0.25, 0.3) is 11.1 Å². The number of carbonyl (C=O) groups excluding carboxylic acids is 2. The summed E-state index contributed by atoms with van der Waals surface area (Å²) in [6.07, 6.45) is 1.02. The van der Waals surface area contributed by atoms with Gasteiger partial charge in [-0.3, -0.25) is 25.0 Å². The van der Waals surface area contributed by atoms with Crippen molar-refractivity contribution < 1.29 is 18.7 Å². The zero-order chi connectivity index (χ0) is 16.2. The summed E-state index contributed by atoms with van der Waals surface area (Å²) in [6, 6.07) is 6.99. The van der Waals surface area contributed by atoms with Crippen molar-refractivity contribution in [3.63, 3.8) is 0 Å². The predicted octanol–water partition coefficient (Wildman–Crippen LogP) is 0.311. The van der Waals surface area contributed by atoms with Gasteiger partial charge in [0.15, 0.2) is 5.58 Å². The van der Waals surface area contributed by atoms with Gasteiger partial charge < -0.3 is 9.15 Å². The summed E-state index contributed by atoms with van der Waals surface area (Å²) >= 11 is 0. The molecule has 1 aliphatic rings. The lowest BCUT2D eigenvalue weighted by atomic mass is 10.2. The van der Waals surface area contributed by atoms with Crippen LogP contribution in [0.15, 0.2) is 33.5 Å². The van der Waals surface area contributed by atoms with E-state index < -0.39 is 17.8 Å².